The first-order chi connectivity index (χ1) is 12.2. The van der Waals surface area contributed by atoms with Gasteiger partial charge >= 0.3 is 12.1 Å². The third-order valence-electron chi connectivity index (χ3n) is 4.63. The van der Waals surface area contributed by atoms with Crippen LogP contribution in [0, 0.1) is 0 Å². The summed E-state index contributed by atoms with van der Waals surface area (Å²) in [5.74, 6) is 0. The number of benzene rings is 2. The summed E-state index contributed by atoms with van der Waals surface area (Å²) >= 11 is 0. The molecule has 2 aliphatic heterocycles. The molecule has 0 bridgehead atoms. The number of hydrogen-bond donors (Lipinski definition) is 1. The second kappa shape index (κ2) is 6.47. The first-order valence-electron chi connectivity index (χ1n) is 8.39. The molecule has 6 nitrogen and oxygen atoms in total. The van der Waals surface area contributed by atoms with E-state index < -0.39 is 0 Å². The Bertz CT molecular complexity index is 794. The fourth-order valence-electron chi connectivity index (χ4n) is 3.23. The van der Waals surface area contributed by atoms with Gasteiger partial charge in [-0.15, -0.1) is 0 Å². The number of carbonyl (C=O) groups is 2. The summed E-state index contributed by atoms with van der Waals surface area (Å²) < 4.78 is 4.96. The molecule has 2 aliphatic rings. The summed E-state index contributed by atoms with van der Waals surface area (Å²) in [6, 6.07) is 17.3. The number of anilines is 2. The van der Waals surface area contributed by atoms with Gasteiger partial charge in [0, 0.05) is 17.9 Å². The van der Waals surface area contributed by atoms with Crippen molar-refractivity contribution in [2.24, 2.45) is 0 Å². The van der Waals surface area contributed by atoms with Crippen LogP contribution in [0.5, 0.6) is 0 Å². The zero-order chi connectivity index (χ0) is 17.2. The summed E-state index contributed by atoms with van der Waals surface area (Å²) in [5.41, 5.74) is 2.54. The molecule has 2 aromatic rings. The Morgan fingerprint density at radius 3 is 2.60 bits per heavy atom. The van der Waals surface area contributed by atoms with Crippen molar-refractivity contribution < 1.29 is 14.3 Å². The lowest BCUT2D eigenvalue weighted by molar-refractivity contribution is 0.126. The highest BCUT2D eigenvalue weighted by atomic mass is 16.6. The lowest BCUT2D eigenvalue weighted by atomic mass is 9.95. The van der Waals surface area contributed by atoms with Crippen LogP contribution in [0.1, 0.15) is 18.0 Å². The van der Waals surface area contributed by atoms with Crippen LogP contribution in [0.4, 0.5) is 21.0 Å². The van der Waals surface area contributed by atoms with Gasteiger partial charge in [-0.2, -0.15) is 0 Å². The third kappa shape index (κ3) is 3.03. The monoisotopic (exact) mass is 337 g/mol. The maximum absolute atomic E-state index is 12.6. The van der Waals surface area contributed by atoms with Crippen molar-refractivity contribution in [2.75, 3.05) is 29.9 Å². The average molecular weight is 337 g/mol. The van der Waals surface area contributed by atoms with E-state index in [9.17, 15) is 9.59 Å². The molecule has 1 N–H and O–H groups in total. The molecule has 25 heavy (non-hydrogen) atoms. The number of carbonyl (C=O) groups excluding carboxylic acids is 2. The second-order valence-corrected chi connectivity index (χ2v) is 6.16. The van der Waals surface area contributed by atoms with Crippen molar-refractivity contribution in [1.82, 2.24) is 4.90 Å². The lowest BCUT2D eigenvalue weighted by Gasteiger charge is -2.41. The van der Waals surface area contributed by atoms with Crippen LogP contribution in [0.25, 0.3) is 0 Å². The van der Waals surface area contributed by atoms with Crippen molar-refractivity contribution in [1.29, 1.82) is 0 Å². The molecule has 4 rings (SSSR count). The summed E-state index contributed by atoms with van der Waals surface area (Å²) in [6.07, 6.45) is 0.618. The van der Waals surface area contributed by atoms with Crippen LogP contribution < -0.4 is 10.2 Å². The predicted octanol–water partition coefficient (Wildman–Crippen LogP) is 3.62. The summed E-state index contributed by atoms with van der Waals surface area (Å²) in [5, 5.41) is 2.93. The van der Waals surface area contributed by atoms with E-state index in [2.05, 4.69) is 5.32 Å². The standard InChI is InChI=1S/C19H19N3O3/c23-18(22-10-9-17(22)14-5-2-1-3-6-14)20-15-7-4-8-16(13-15)21-11-12-25-19(21)24/h1-8,13,17H,9-12H2,(H,20,23)/t17-/m0/s1. The molecule has 0 saturated carbocycles. The highest BCUT2D eigenvalue weighted by Crippen LogP contribution is 2.33. The highest BCUT2D eigenvalue weighted by molar-refractivity contribution is 5.93. The van der Waals surface area contributed by atoms with Crippen molar-refractivity contribution in [3.8, 4) is 0 Å². The van der Waals surface area contributed by atoms with Gasteiger partial charge in [0.15, 0.2) is 0 Å². The molecule has 0 spiro atoms. The third-order valence-corrected chi connectivity index (χ3v) is 4.63. The van der Waals surface area contributed by atoms with Gasteiger partial charge in [0.1, 0.15) is 6.61 Å². The van der Waals surface area contributed by atoms with Gasteiger partial charge < -0.3 is 15.0 Å². The Balaban J connectivity index is 1.45. The van der Waals surface area contributed by atoms with E-state index in [0.29, 0.717) is 18.8 Å². The van der Waals surface area contributed by atoms with E-state index in [0.717, 1.165) is 24.2 Å². The molecule has 2 heterocycles. The normalized spacial score (nSPS) is 19.4. The zero-order valence-electron chi connectivity index (χ0n) is 13.7. The Morgan fingerprint density at radius 1 is 1.08 bits per heavy atom. The first-order valence-corrected chi connectivity index (χ1v) is 8.39. The average Bonchev–Trinajstić information content (AvgIpc) is 3.01. The van der Waals surface area contributed by atoms with Gasteiger partial charge in [-0.3, -0.25) is 4.90 Å². The molecular formula is C19H19N3O3. The minimum absolute atomic E-state index is 0.123. The van der Waals surface area contributed by atoms with Crippen molar-refractivity contribution in [2.45, 2.75) is 12.5 Å². The Labute approximate surface area is 146 Å². The number of hydrogen-bond acceptors (Lipinski definition) is 3. The topological polar surface area (TPSA) is 61.9 Å². The van der Waals surface area contributed by atoms with Crippen LogP contribution in [0.3, 0.4) is 0 Å². The van der Waals surface area contributed by atoms with Gasteiger partial charge in [-0.05, 0) is 30.2 Å². The molecule has 1 atom stereocenters. The Kier molecular flexibility index (Phi) is 4.01. The molecule has 0 aliphatic carbocycles. The molecule has 2 saturated heterocycles. The lowest BCUT2D eigenvalue weighted by Crippen LogP contribution is -2.47. The number of ether oxygens (including phenoxy) is 1. The van der Waals surface area contributed by atoms with Gasteiger partial charge in [-0.25, -0.2) is 9.59 Å². The largest absolute Gasteiger partial charge is 0.447 e. The Morgan fingerprint density at radius 2 is 1.92 bits per heavy atom. The molecule has 2 aromatic carbocycles. The van der Waals surface area contributed by atoms with Crippen LogP contribution in [-0.4, -0.2) is 36.7 Å². The number of amides is 3. The second-order valence-electron chi connectivity index (χ2n) is 6.16. The van der Waals surface area contributed by atoms with Crippen molar-refractivity contribution >= 4 is 23.5 Å². The Hall–Kier alpha value is -3.02. The van der Waals surface area contributed by atoms with Crippen LogP contribution in [0.15, 0.2) is 54.6 Å². The zero-order valence-corrected chi connectivity index (χ0v) is 13.7. The van der Waals surface area contributed by atoms with Gasteiger partial charge in [0.25, 0.3) is 0 Å². The summed E-state index contributed by atoms with van der Waals surface area (Å²) in [4.78, 5) is 27.7. The maximum Gasteiger partial charge on any atom is 0.414 e. The molecule has 128 valence electrons. The van der Waals surface area contributed by atoms with E-state index in [1.54, 1.807) is 11.0 Å². The fourth-order valence-corrected chi connectivity index (χ4v) is 3.23. The quantitative estimate of drug-likeness (QED) is 0.930. The molecule has 3 amide bonds. The molecule has 0 unspecified atom stereocenters. The van der Waals surface area contributed by atoms with E-state index in [4.69, 9.17) is 4.74 Å². The fraction of sp³-hybridized carbons (Fsp3) is 0.263. The van der Waals surface area contributed by atoms with Crippen molar-refractivity contribution in [3.63, 3.8) is 0 Å². The maximum atomic E-state index is 12.6. The van der Waals surface area contributed by atoms with Crippen molar-refractivity contribution in [3.05, 3.63) is 60.2 Å². The number of rotatable bonds is 3. The number of nitrogens with zero attached hydrogens (tertiary/aromatic N) is 2. The molecule has 0 radical (unpaired) electrons. The van der Waals surface area contributed by atoms with E-state index in [1.165, 1.54) is 0 Å². The van der Waals surface area contributed by atoms with Gasteiger partial charge in [0.05, 0.1) is 12.6 Å². The molecule has 2 fully saturated rings. The summed E-state index contributed by atoms with van der Waals surface area (Å²) in [7, 11) is 0. The van der Waals surface area contributed by atoms with E-state index in [-0.39, 0.29) is 18.2 Å². The minimum atomic E-state index is -0.352. The number of urea groups is 1. The van der Waals surface area contributed by atoms with E-state index >= 15 is 0 Å². The first kappa shape index (κ1) is 15.5. The van der Waals surface area contributed by atoms with E-state index in [1.807, 2.05) is 53.4 Å². The number of cyclic esters (lactones) is 1. The molecule has 6 heteroatoms. The van der Waals surface area contributed by atoms with Crippen LogP contribution in [-0.2, 0) is 4.74 Å². The smallest absolute Gasteiger partial charge is 0.414 e. The molecule has 0 aromatic heterocycles. The van der Waals surface area contributed by atoms with Gasteiger partial charge in [-0.1, -0.05) is 36.4 Å². The number of nitrogens with one attached hydrogen (secondary N) is 1. The summed E-state index contributed by atoms with van der Waals surface area (Å²) in [6.45, 7) is 1.66. The van der Waals surface area contributed by atoms with Crippen LogP contribution in [0.2, 0.25) is 0 Å². The van der Waals surface area contributed by atoms with Gasteiger partial charge in [0.2, 0.25) is 0 Å². The minimum Gasteiger partial charge on any atom is -0.447 e. The molecular weight excluding hydrogens is 318 g/mol. The SMILES string of the molecule is O=C1OCCN1c1cccc(NC(=O)N2CC[C@H]2c2ccccc2)c1. The predicted molar refractivity (Wildman–Crippen MR) is 94.7 cm³/mol. The number of likely N-dealkylation sites (tertiary alicyclic amines) is 1. The highest BCUT2D eigenvalue weighted by Gasteiger charge is 2.33. The van der Waals surface area contributed by atoms with Crippen LogP contribution >= 0.6 is 0 Å².